The van der Waals surface area contributed by atoms with Crippen molar-refractivity contribution in [2.75, 3.05) is 26.3 Å². The molecule has 0 atom stereocenters. The Morgan fingerprint density at radius 1 is 1.16 bits per heavy atom. The Morgan fingerprint density at radius 3 is 2.55 bits per heavy atom. The molecule has 1 saturated heterocycles. The number of morpholine rings is 1. The second-order valence-electron chi connectivity index (χ2n) is 7.03. The molecular formula is C20H20N4O6S. The van der Waals surface area contributed by atoms with Gasteiger partial charge in [0.25, 0.3) is 11.6 Å². The second kappa shape index (κ2) is 8.46. The van der Waals surface area contributed by atoms with Gasteiger partial charge in [-0.2, -0.15) is 4.31 Å². The van der Waals surface area contributed by atoms with Crippen LogP contribution in [0.25, 0.3) is 10.9 Å². The molecule has 162 valence electrons. The monoisotopic (exact) mass is 444 g/mol. The molecule has 1 aromatic heterocycles. The Labute approximate surface area is 178 Å². The third-order valence-electron chi connectivity index (χ3n) is 5.11. The minimum Gasteiger partial charge on any atom is -0.379 e. The number of nitrogens with zero attached hydrogens (tertiary/aromatic N) is 2. The highest BCUT2D eigenvalue weighted by atomic mass is 32.2. The van der Waals surface area contributed by atoms with Crippen LogP contribution in [0.1, 0.15) is 15.9 Å². The van der Waals surface area contributed by atoms with Crippen molar-refractivity contribution in [2.45, 2.75) is 11.4 Å². The molecule has 0 bridgehead atoms. The summed E-state index contributed by atoms with van der Waals surface area (Å²) in [6.45, 7) is 1.57. The lowest BCUT2D eigenvalue weighted by Crippen LogP contribution is -2.40. The smallest absolute Gasteiger partial charge is 0.270 e. The molecule has 31 heavy (non-hydrogen) atoms. The number of benzene rings is 2. The van der Waals surface area contributed by atoms with E-state index in [0.717, 1.165) is 5.56 Å². The average molecular weight is 444 g/mol. The normalized spacial score (nSPS) is 15.1. The van der Waals surface area contributed by atoms with Gasteiger partial charge in [0.15, 0.2) is 0 Å². The number of aromatic amines is 1. The number of ether oxygens (including phenoxy) is 1. The molecule has 1 fully saturated rings. The van der Waals surface area contributed by atoms with Gasteiger partial charge in [0.2, 0.25) is 10.0 Å². The van der Waals surface area contributed by atoms with E-state index >= 15 is 0 Å². The van der Waals surface area contributed by atoms with Crippen LogP contribution >= 0.6 is 0 Å². The number of non-ortho nitro benzene ring substituents is 1. The first kappa shape index (κ1) is 21.0. The first-order valence-corrected chi connectivity index (χ1v) is 11.0. The van der Waals surface area contributed by atoms with Gasteiger partial charge < -0.3 is 15.0 Å². The summed E-state index contributed by atoms with van der Waals surface area (Å²) in [6.07, 6.45) is 1.50. The van der Waals surface area contributed by atoms with Crippen molar-refractivity contribution in [3.05, 3.63) is 69.9 Å². The number of carbonyl (C=O) groups is 1. The fraction of sp³-hybridized carbons (Fsp3) is 0.250. The van der Waals surface area contributed by atoms with E-state index in [1.165, 1.54) is 34.8 Å². The van der Waals surface area contributed by atoms with Crippen molar-refractivity contribution < 1.29 is 22.9 Å². The van der Waals surface area contributed by atoms with Crippen LogP contribution in [-0.2, 0) is 21.3 Å². The van der Waals surface area contributed by atoms with Crippen LogP contribution in [0.4, 0.5) is 5.69 Å². The molecule has 3 aromatic rings. The highest BCUT2D eigenvalue weighted by molar-refractivity contribution is 7.89. The van der Waals surface area contributed by atoms with Gasteiger partial charge in [-0.15, -0.1) is 0 Å². The summed E-state index contributed by atoms with van der Waals surface area (Å²) < 4.78 is 31.9. The van der Waals surface area contributed by atoms with E-state index in [4.69, 9.17) is 4.74 Å². The zero-order valence-corrected chi connectivity index (χ0v) is 17.2. The van der Waals surface area contributed by atoms with Crippen LogP contribution in [0.5, 0.6) is 0 Å². The standard InChI is InChI=1S/C20H20N4O6S/c25-20(18-13-21-19-6-3-15(24(26)27)11-17(18)19)22-12-14-1-4-16(5-2-14)31(28,29)23-7-9-30-10-8-23/h1-6,11,13,21H,7-10,12H2,(H,22,25). The predicted octanol–water partition coefficient (Wildman–Crippen LogP) is 2.03. The van der Waals surface area contributed by atoms with Crippen LogP contribution in [-0.4, -0.2) is 54.8 Å². The van der Waals surface area contributed by atoms with Crippen LogP contribution in [0.15, 0.2) is 53.6 Å². The lowest BCUT2D eigenvalue weighted by molar-refractivity contribution is -0.384. The first-order chi connectivity index (χ1) is 14.9. The van der Waals surface area contributed by atoms with E-state index in [1.54, 1.807) is 18.2 Å². The fourth-order valence-corrected chi connectivity index (χ4v) is 4.81. The maximum absolute atomic E-state index is 12.7. The van der Waals surface area contributed by atoms with E-state index in [-0.39, 0.29) is 17.1 Å². The summed E-state index contributed by atoms with van der Waals surface area (Å²) >= 11 is 0. The van der Waals surface area contributed by atoms with Crippen LogP contribution < -0.4 is 5.32 Å². The lowest BCUT2D eigenvalue weighted by Gasteiger charge is -2.26. The third-order valence-corrected chi connectivity index (χ3v) is 7.02. The molecule has 0 saturated carbocycles. The predicted molar refractivity (Wildman–Crippen MR) is 112 cm³/mol. The summed E-state index contributed by atoms with van der Waals surface area (Å²) in [5.41, 5.74) is 1.54. The Bertz CT molecular complexity index is 1230. The van der Waals surface area contributed by atoms with Gasteiger partial charge in [-0.1, -0.05) is 12.1 Å². The number of fused-ring (bicyclic) bond motifs is 1. The van der Waals surface area contributed by atoms with Crippen molar-refractivity contribution in [1.29, 1.82) is 0 Å². The van der Waals surface area contributed by atoms with Crippen LogP contribution in [0, 0.1) is 10.1 Å². The topological polar surface area (TPSA) is 135 Å². The highest BCUT2D eigenvalue weighted by Crippen LogP contribution is 2.24. The largest absolute Gasteiger partial charge is 0.379 e. The van der Waals surface area contributed by atoms with Gasteiger partial charge in [-0.05, 0) is 23.8 Å². The van der Waals surface area contributed by atoms with Gasteiger partial charge in [0, 0.05) is 48.9 Å². The molecule has 2 heterocycles. The number of rotatable bonds is 6. The number of nitro groups is 1. The number of hydrogen-bond donors (Lipinski definition) is 2. The SMILES string of the molecule is O=C(NCc1ccc(S(=O)(=O)N2CCOCC2)cc1)c1c[nH]c2ccc([N+](=O)[O-])cc12. The number of sulfonamides is 1. The molecule has 1 aliphatic heterocycles. The molecule has 4 rings (SSSR count). The van der Waals surface area contributed by atoms with E-state index in [9.17, 15) is 23.3 Å². The molecule has 1 amide bonds. The van der Waals surface area contributed by atoms with E-state index in [0.29, 0.717) is 42.8 Å². The molecule has 0 unspecified atom stereocenters. The van der Waals surface area contributed by atoms with Crippen molar-refractivity contribution in [1.82, 2.24) is 14.6 Å². The zero-order valence-electron chi connectivity index (χ0n) is 16.4. The Morgan fingerprint density at radius 2 is 1.87 bits per heavy atom. The number of aromatic nitrogens is 1. The van der Waals surface area contributed by atoms with Crippen molar-refractivity contribution in [3.8, 4) is 0 Å². The number of amides is 1. The number of hydrogen-bond acceptors (Lipinski definition) is 6. The first-order valence-electron chi connectivity index (χ1n) is 9.57. The van der Waals surface area contributed by atoms with E-state index in [1.807, 2.05) is 0 Å². The van der Waals surface area contributed by atoms with Gasteiger partial charge in [0.1, 0.15) is 0 Å². The molecule has 2 N–H and O–H groups in total. The molecule has 2 aromatic carbocycles. The van der Waals surface area contributed by atoms with Crippen molar-refractivity contribution in [3.63, 3.8) is 0 Å². The number of nitrogens with one attached hydrogen (secondary N) is 2. The average Bonchev–Trinajstić information content (AvgIpc) is 3.21. The Balaban J connectivity index is 1.45. The highest BCUT2D eigenvalue weighted by Gasteiger charge is 2.26. The summed E-state index contributed by atoms with van der Waals surface area (Å²) in [4.78, 5) is 26.2. The van der Waals surface area contributed by atoms with Crippen LogP contribution in [0.2, 0.25) is 0 Å². The minimum absolute atomic E-state index is 0.0989. The van der Waals surface area contributed by atoms with Gasteiger partial charge >= 0.3 is 0 Å². The third kappa shape index (κ3) is 4.29. The summed E-state index contributed by atoms with van der Waals surface area (Å²) in [6, 6.07) is 10.6. The fourth-order valence-electron chi connectivity index (χ4n) is 3.40. The summed E-state index contributed by atoms with van der Waals surface area (Å²) in [5, 5.41) is 14.2. The molecule has 11 heteroatoms. The zero-order chi connectivity index (χ0) is 22.0. The van der Waals surface area contributed by atoms with Crippen molar-refractivity contribution >= 4 is 32.5 Å². The maximum atomic E-state index is 12.7. The number of H-pyrrole nitrogens is 1. The maximum Gasteiger partial charge on any atom is 0.270 e. The van der Waals surface area contributed by atoms with Gasteiger partial charge in [0.05, 0.1) is 28.6 Å². The van der Waals surface area contributed by atoms with Gasteiger partial charge in [-0.25, -0.2) is 8.42 Å². The molecule has 0 spiro atoms. The second-order valence-corrected chi connectivity index (χ2v) is 8.97. The Hall–Kier alpha value is -3.28. The minimum atomic E-state index is -3.57. The molecule has 1 aliphatic rings. The molecule has 10 nitrogen and oxygen atoms in total. The number of nitro benzene ring substituents is 1. The summed E-state index contributed by atoms with van der Waals surface area (Å²) in [7, 11) is -3.57. The molecule has 0 aliphatic carbocycles. The molecule has 0 radical (unpaired) electrons. The van der Waals surface area contributed by atoms with Crippen molar-refractivity contribution in [2.24, 2.45) is 0 Å². The number of carbonyl (C=O) groups excluding carboxylic acids is 1. The quantitative estimate of drug-likeness (QED) is 0.441. The van der Waals surface area contributed by atoms with Crippen LogP contribution in [0.3, 0.4) is 0 Å². The van der Waals surface area contributed by atoms with E-state index in [2.05, 4.69) is 10.3 Å². The Kier molecular flexibility index (Phi) is 5.72. The molecular weight excluding hydrogens is 424 g/mol. The van der Waals surface area contributed by atoms with Gasteiger partial charge in [-0.3, -0.25) is 14.9 Å². The lowest BCUT2D eigenvalue weighted by atomic mass is 10.1. The summed E-state index contributed by atoms with van der Waals surface area (Å²) in [5.74, 6) is -0.392. The van der Waals surface area contributed by atoms with E-state index < -0.39 is 20.9 Å².